The Kier molecular flexibility index (Phi) is 19.6. The molecule has 0 aromatic rings. The van der Waals surface area contributed by atoms with E-state index in [2.05, 4.69) is 4.74 Å². The van der Waals surface area contributed by atoms with E-state index in [4.69, 9.17) is 10.2 Å². The molecule has 86 valence electrons. The number of aliphatic hydroxyl groups is 1. The zero-order valence-corrected chi connectivity index (χ0v) is 7.39. The summed E-state index contributed by atoms with van der Waals surface area (Å²) in [5.74, 6) is -4.28. The molecule has 17 heavy (non-hydrogen) atoms. The molecule has 3 N–H and O–H groups in total. The summed E-state index contributed by atoms with van der Waals surface area (Å²) >= 11 is 0. The predicted octanol–water partition coefficient (Wildman–Crippen LogP) is -3.11. The van der Waals surface area contributed by atoms with Gasteiger partial charge in [-0.15, -0.1) is 0 Å². The molecule has 0 aliphatic heterocycles. The van der Waals surface area contributed by atoms with Crippen LogP contribution in [0.5, 0.6) is 0 Å². The number of esters is 1. The molecule has 0 aromatic carbocycles. The molecule has 0 aromatic heterocycles. The van der Waals surface area contributed by atoms with Crippen LogP contribution in [-0.2, 0) is 19.1 Å². The van der Waals surface area contributed by atoms with Crippen molar-refractivity contribution in [3.8, 4) is 0 Å². The van der Waals surface area contributed by atoms with Crippen LogP contribution in [0.15, 0.2) is 0 Å². The maximum atomic E-state index is 10.7. The number of carboxylic acids is 2. The number of carbonyl (C=O) groups excluding carboxylic acids is 1. The van der Waals surface area contributed by atoms with Gasteiger partial charge in [0, 0.05) is 0 Å². The van der Waals surface area contributed by atoms with Crippen LogP contribution < -0.4 is 0 Å². The summed E-state index contributed by atoms with van der Waals surface area (Å²) in [5, 5.41) is 26.1. The number of carbonyl (C=O) groups is 3. The summed E-state index contributed by atoms with van der Waals surface area (Å²) in [5.41, 5.74) is -2.61. The van der Waals surface area contributed by atoms with E-state index < -0.39 is 36.4 Å². The Balaban J connectivity index is -0.000000282. The first kappa shape index (κ1) is 26.8. The van der Waals surface area contributed by atoms with Crippen LogP contribution >= 0.6 is 0 Å². The maximum absolute atomic E-state index is 10.7. The number of aliphatic carboxylic acids is 2. The first-order chi connectivity index (χ1) is 6.31. The average molecular weight is 278 g/mol. The third-order valence-corrected chi connectivity index (χ3v) is 1.51. The fraction of sp³-hybridized carbons (Fsp3) is 0.571. The van der Waals surface area contributed by atoms with E-state index >= 15 is 0 Å². The molecule has 0 aliphatic rings. The van der Waals surface area contributed by atoms with E-state index in [0.29, 0.717) is 0 Å². The van der Waals surface area contributed by atoms with E-state index in [1.54, 1.807) is 0 Å². The van der Waals surface area contributed by atoms with Gasteiger partial charge >= 0.3 is 107 Å². The normalized spacial score (nSPS) is 11.6. The summed E-state index contributed by atoms with van der Waals surface area (Å²) in [6.45, 7) is 0. The van der Waals surface area contributed by atoms with Gasteiger partial charge in [0.15, 0.2) is 5.60 Å². The van der Waals surface area contributed by atoms with Gasteiger partial charge in [-0.1, -0.05) is 0 Å². The van der Waals surface area contributed by atoms with Crippen molar-refractivity contribution in [1.29, 1.82) is 0 Å². The number of ether oxygens (including phenoxy) is 1. The van der Waals surface area contributed by atoms with Crippen molar-refractivity contribution in [1.82, 2.24) is 0 Å². The molecule has 7 nitrogen and oxygen atoms in total. The van der Waals surface area contributed by atoms with E-state index in [9.17, 15) is 19.5 Å². The Morgan fingerprint density at radius 2 is 1.47 bits per heavy atom. The molecular weight excluding hydrogens is 265 g/mol. The standard InChI is InChI=1S/C7H10O7.3Na.3H/c1-14-5(10)3-7(13,6(11)12)2-4(8)9;;;;;;/h13H,2-3H2,1H3,(H,8,9)(H,11,12);;;;;;. The van der Waals surface area contributed by atoms with Crippen molar-refractivity contribution in [2.24, 2.45) is 0 Å². The molecule has 1 atom stereocenters. The second-order valence-electron chi connectivity index (χ2n) is 2.66. The first-order valence-electron chi connectivity index (χ1n) is 3.56. The van der Waals surface area contributed by atoms with Crippen LogP contribution in [0.25, 0.3) is 0 Å². The van der Waals surface area contributed by atoms with E-state index in [-0.39, 0.29) is 88.7 Å². The van der Waals surface area contributed by atoms with Gasteiger partial charge in [0.2, 0.25) is 0 Å². The topological polar surface area (TPSA) is 121 Å². The fourth-order valence-corrected chi connectivity index (χ4v) is 0.775. The number of hydrogen-bond donors (Lipinski definition) is 3. The first-order valence-corrected chi connectivity index (χ1v) is 3.56. The Morgan fingerprint density at radius 3 is 1.71 bits per heavy atom. The Labute approximate surface area is 164 Å². The van der Waals surface area contributed by atoms with Crippen LogP contribution in [0.2, 0.25) is 0 Å². The predicted molar refractivity (Wildman–Crippen MR) is 62.9 cm³/mol. The minimum atomic E-state index is -2.61. The van der Waals surface area contributed by atoms with Gasteiger partial charge in [-0.3, -0.25) is 9.59 Å². The minimum absolute atomic E-state index is 0. The molecule has 0 heterocycles. The second kappa shape index (κ2) is 12.4. The number of carboxylic acid groups (broad SMARTS) is 2. The van der Waals surface area contributed by atoms with E-state index in [0.717, 1.165) is 7.11 Å². The number of hydrogen-bond acceptors (Lipinski definition) is 5. The summed E-state index contributed by atoms with van der Waals surface area (Å²) in [6, 6.07) is 0. The van der Waals surface area contributed by atoms with Crippen molar-refractivity contribution >= 4 is 107 Å². The van der Waals surface area contributed by atoms with Crippen molar-refractivity contribution in [2.45, 2.75) is 18.4 Å². The quantitative estimate of drug-likeness (QED) is 0.359. The molecule has 0 rings (SSSR count). The number of rotatable bonds is 5. The van der Waals surface area contributed by atoms with Crippen LogP contribution in [0, 0.1) is 0 Å². The average Bonchev–Trinajstić information content (AvgIpc) is 2.02. The summed E-state index contributed by atoms with van der Waals surface area (Å²) in [6.07, 6.45) is -1.96. The Bertz CT molecular complexity index is 270. The molecule has 0 bridgehead atoms. The van der Waals surface area contributed by atoms with Gasteiger partial charge in [-0.05, 0) is 0 Å². The van der Waals surface area contributed by atoms with E-state index in [1.807, 2.05) is 0 Å². The molecule has 0 fully saturated rings. The zero-order valence-electron chi connectivity index (χ0n) is 7.39. The van der Waals surface area contributed by atoms with Crippen molar-refractivity contribution < 1.29 is 34.4 Å². The van der Waals surface area contributed by atoms with Crippen LogP contribution in [0.3, 0.4) is 0 Å². The third-order valence-electron chi connectivity index (χ3n) is 1.51. The molecule has 0 amide bonds. The monoisotopic (exact) mass is 278 g/mol. The summed E-state index contributed by atoms with van der Waals surface area (Å²) in [7, 11) is 1.01. The summed E-state index contributed by atoms with van der Waals surface area (Å²) < 4.78 is 4.12. The van der Waals surface area contributed by atoms with Crippen molar-refractivity contribution in [3.05, 3.63) is 0 Å². The molecule has 0 saturated carbocycles. The molecule has 0 spiro atoms. The molecule has 0 saturated heterocycles. The SMILES string of the molecule is COC(=O)CC(O)(CC(=O)O)C(=O)O.[NaH].[NaH].[NaH]. The van der Waals surface area contributed by atoms with Crippen LogP contribution in [-0.4, -0.2) is 135 Å². The molecule has 0 aliphatic carbocycles. The van der Waals surface area contributed by atoms with Gasteiger partial charge in [-0.2, -0.15) is 0 Å². The number of methoxy groups -OCH3 is 1. The molecule has 1 unspecified atom stereocenters. The van der Waals surface area contributed by atoms with E-state index in [1.165, 1.54) is 0 Å². The van der Waals surface area contributed by atoms with Crippen LogP contribution in [0.1, 0.15) is 12.8 Å². The Hall–Kier alpha value is 1.37. The second-order valence-corrected chi connectivity index (χ2v) is 2.66. The van der Waals surface area contributed by atoms with Gasteiger partial charge in [-0.25, -0.2) is 4.79 Å². The Morgan fingerprint density at radius 1 is 1.06 bits per heavy atom. The van der Waals surface area contributed by atoms with Gasteiger partial charge in [0.25, 0.3) is 0 Å². The molecule has 10 heteroatoms. The van der Waals surface area contributed by atoms with Crippen LogP contribution in [0.4, 0.5) is 0 Å². The van der Waals surface area contributed by atoms with Gasteiger partial charge in [0.1, 0.15) is 0 Å². The van der Waals surface area contributed by atoms with Gasteiger partial charge in [0.05, 0.1) is 20.0 Å². The molecule has 0 radical (unpaired) electrons. The van der Waals surface area contributed by atoms with Gasteiger partial charge < -0.3 is 20.1 Å². The molecular formula is C7H13Na3O7. The zero-order chi connectivity index (χ0) is 11.4. The fourth-order valence-electron chi connectivity index (χ4n) is 0.775. The summed E-state index contributed by atoms with van der Waals surface area (Å²) in [4.78, 5) is 31.4. The third kappa shape index (κ3) is 10.9. The van der Waals surface area contributed by atoms with Crippen molar-refractivity contribution in [3.63, 3.8) is 0 Å². The van der Waals surface area contributed by atoms with Crippen molar-refractivity contribution in [2.75, 3.05) is 7.11 Å².